The van der Waals surface area contributed by atoms with Gasteiger partial charge >= 0.3 is 0 Å². The molecule has 0 fully saturated rings. The zero-order valence-corrected chi connectivity index (χ0v) is 19.0. The predicted octanol–water partition coefficient (Wildman–Crippen LogP) is 4.38. The summed E-state index contributed by atoms with van der Waals surface area (Å²) in [7, 11) is 0. The third-order valence-electron chi connectivity index (χ3n) is 5.82. The molecule has 2 aromatic heterocycles. The Kier molecular flexibility index (Phi) is 5.63. The fourth-order valence-electron chi connectivity index (χ4n) is 4.20. The van der Waals surface area contributed by atoms with E-state index in [2.05, 4.69) is 32.2 Å². The first kappa shape index (κ1) is 21.5. The first-order valence-electron chi connectivity index (χ1n) is 11.0. The second kappa shape index (κ2) is 8.90. The second-order valence-electron chi connectivity index (χ2n) is 8.24. The lowest BCUT2D eigenvalue weighted by Crippen LogP contribution is -2.25. The smallest absolute Gasteiger partial charge is 0.272 e. The minimum Gasteiger partial charge on any atom is -0.490 e. The van der Waals surface area contributed by atoms with Crippen molar-refractivity contribution < 1.29 is 9.53 Å². The van der Waals surface area contributed by atoms with Crippen LogP contribution in [0, 0.1) is 13.8 Å². The molecule has 8 heteroatoms. The molecule has 3 heterocycles. The van der Waals surface area contributed by atoms with Crippen molar-refractivity contribution in [1.82, 2.24) is 25.0 Å². The fourth-order valence-corrected chi connectivity index (χ4v) is 4.20. The Morgan fingerprint density at radius 3 is 2.82 bits per heavy atom. The molecule has 0 saturated carbocycles. The molecule has 8 nitrogen and oxygen atoms in total. The van der Waals surface area contributed by atoms with E-state index in [0.29, 0.717) is 30.5 Å². The summed E-state index contributed by atoms with van der Waals surface area (Å²) in [6.07, 6.45) is 3.63. The number of aromatic nitrogens is 5. The summed E-state index contributed by atoms with van der Waals surface area (Å²) in [5.41, 5.74) is 5.48. The molecule has 1 N–H and O–H groups in total. The van der Waals surface area contributed by atoms with Crippen molar-refractivity contribution in [3.63, 3.8) is 0 Å². The van der Waals surface area contributed by atoms with Gasteiger partial charge in [-0.3, -0.25) is 4.79 Å². The highest BCUT2D eigenvalue weighted by Gasteiger charge is 2.33. The Labute approximate surface area is 197 Å². The van der Waals surface area contributed by atoms with Crippen LogP contribution in [-0.2, 0) is 4.79 Å². The summed E-state index contributed by atoms with van der Waals surface area (Å²) in [6, 6.07) is 15.8. The lowest BCUT2D eigenvalue weighted by molar-refractivity contribution is -0.116. The molecule has 1 amide bonds. The molecular weight excluding hydrogens is 428 g/mol. The highest BCUT2D eigenvalue weighted by molar-refractivity contribution is 5.95. The molecule has 0 aliphatic carbocycles. The van der Waals surface area contributed by atoms with Crippen molar-refractivity contribution in [1.29, 1.82) is 0 Å². The van der Waals surface area contributed by atoms with Crippen LogP contribution in [0.3, 0.4) is 0 Å². The van der Waals surface area contributed by atoms with Gasteiger partial charge in [0.15, 0.2) is 0 Å². The molecule has 0 radical (unpaired) electrons. The molecule has 34 heavy (non-hydrogen) atoms. The van der Waals surface area contributed by atoms with Crippen molar-refractivity contribution in [3.8, 4) is 23.0 Å². The van der Waals surface area contributed by atoms with Crippen LogP contribution in [0.4, 0.5) is 5.82 Å². The monoisotopic (exact) mass is 452 g/mol. The van der Waals surface area contributed by atoms with Gasteiger partial charge in [-0.15, -0.1) is 5.10 Å². The van der Waals surface area contributed by atoms with Crippen LogP contribution in [-0.4, -0.2) is 37.5 Å². The van der Waals surface area contributed by atoms with E-state index >= 15 is 0 Å². The molecule has 4 aromatic rings. The highest BCUT2D eigenvalue weighted by atomic mass is 16.5. The maximum atomic E-state index is 12.7. The molecule has 1 aliphatic rings. The minimum absolute atomic E-state index is 0.0984. The van der Waals surface area contributed by atoms with Gasteiger partial charge in [0.2, 0.25) is 5.91 Å². The number of benzene rings is 2. The van der Waals surface area contributed by atoms with E-state index in [-0.39, 0.29) is 11.8 Å². The third-order valence-corrected chi connectivity index (χ3v) is 5.82. The molecule has 2 aromatic carbocycles. The van der Waals surface area contributed by atoms with Crippen LogP contribution in [0.2, 0.25) is 0 Å². The van der Waals surface area contributed by atoms with E-state index in [0.717, 1.165) is 33.7 Å². The largest absolute Gasteiger partial charge is 0.490 e. The molecule has 0 saturated heterocycles. The van der Waals surface area contributed by atoms with Gasteiger partial charge in [-0.1, -0.05) is 54.6 Å². The molecule has 5 rings (SSSR count). The molecule has 1 aliphatic heterocycles. The summed E-state index contributed by atoms with van der Waals surface area (Å²) in [6.45, 7) is 8.07. The predicted molar refractivity (Wildman–Crippen MR) is 129 cm³/mol. The van der Waals surface area contributed by atoms with E-state index in [4.69, 9.17) is 4.74 Å². The van der Waals surface area contributed by atoms with E-state index < -0.39 is 0 Å². The first-order valence-corrected chi connectivity index (χ1v) is 11.0. The van der Waals surface area contributed by atoms with Gasteiger partial charge in [-0.05, 0) is 31.5 Å². The fraction of sp³-hybridized carbons (Fsp3) is 0.192. The van der Waals surface area contributed by atoms with Crippen molar-refractivity contribution in [2.24, 2.45) is 0 Å². The Morgan fingerprint density at radius 2 is 2.03 bits per heavy atom. The quantitative estimate of drug-likeness (QED) is 0.436. The Bertz CT molecular complexity index is 1380. The van der Waals surface area contributed by atoms with Crippen LogP contribution in [0.15, 0.2) is 67.4 Å². The Hall–Kier alpha value is -4.33. The van der Waals surface area contributed by atoms with Gasteiger partial charge in [0, 0.05) is 23.5 Å². The first-order chi connectivity index (χ1) is 16.5. The number of hydrogen-bond acceptors (Lipinski definition) is 6. The molecule has 0 unspecified atom stereocenters. The van der Waals surface area contributed by atoms with Crippen molar-refractivity contribution in [2.45, 2.75) is 26.2 Å². The van der Waals surface area contributed by atoms with Gasteiger partial charge in [-0.25, -0.2) is 4.98 Å². The zero-order chi connectivity index (χ0) is 23.7. The maximum Gasteiger partial charge on any atom is 0.272 e. The van der Waals surface area contributed by atoms with Crippen molar-refractivity contribution in [2.75, 3.05) is 11.9 Å². The number of ether oxygens (including phenoxy) is 1. The number of aryl methyl sites for hydroxylation is 2. The van der Waals surface area contributed by atoms with E-state index in [1.54, 1.807) is 17.0 Å². The number of fused-ring (bicyclic) bond motifs is 1. The van der Waals surface area contributed by atoms with Gasteiger partial charge < -0.3 is 10.1 Å². The SMILES string of the molecule is C=CCOc1cccc([C@@H]2CC(=O)Nc3c2c(C)nn3-c2nncc(-c3ccc(C)cc3)n2)c1. The average Bonchev–Trinajstić information content (AvgIpc) is 3.19. The lowest BCUT2D eigenvalue weighted by atomic mass is 9.86. The van der Waals surface area contributed by atoms with Crippen LogP contribution >= 0.6 is 0 Å². The van der Waals surface area contributed by atoms with Gasteiger partial charge in [0.1, 0.15) is 18.2 Å². The third kappa shape index (κ3) is 4.05. The van der Waals surface area contributed by atoms with Crippen molar-refractivity contribution >= 4 is 11.7 Å². The topological polar surface area (TPSA) is 94.8 Å². The van der Waals surface area contributed by atoms with Gasteiger partial charge in [-0.2, -0.15) is 14.9 Å². The van der Waals surface area contributed by atoms with E-state index in [1.165, 1.54) is 0 Å². The summed E-state index contributed by atoms with van der Waals surface area (Å²) < 4.78 is 7.27. The van der Waals surface area contributed by atoms with Crippen LogP contribution in [0.1, 0.15) is 34.7 Å². The molecule has 170 valence electrons. The van der Waals surface area contributed by atoms with Crippen LogP contribution < -0.4 is 10.1 Å². The lowest BCUT2D eigenvalue weighted by Gasteiger charge is -2.24. The number of hydrogen-bond donors (Lipinski definition) is 1. The molecule has 0 bridgehead atoms. The number of amides is 1. The van der Waals surface area contributed by atoms with Gasteiger partial charge in [0.05, 0.1) is 17.6 Å². The summed E-state index contributed by atoms with van der Waals surface area (Å²) >= 11 is 0. The van der Waals surface area contributed by atoms with Crippen LogP contribution in [0.25, 0.3) is 17.2 Å². The van der Waals surface area contributed by atoms with E-state index in [1.807, 2.05) is 62.4 Å². The summed E-state index contributed by atoms with van der Waals surface area (Å²) in [5, 5.41) is 16.0. The number of anilines is 1. The summed E-state index contributed by atoms with van der Waals surface area (Å²) in [4.78, 5) is 17.4. The highest BCUT2D eigenvalue weighted by Crippen LogP contribution is 2.40. The van der Waals surface area contributed by atoms with Gasteiger partial charge in [0.25, 0.3) is 5.95 Å². The number of nitrogens with one attached hydrogen (secondary N) is 1. The standard InChI is InChI=1S/C26H24N6O2/c1-4-12-34-20-7-5-6-19(13-20)21-14-23(33)29-25-24(21)17(3)31-32(25)26-28-22(15-27-30-26)18-10-8-16(2)9-11-18/h4-11,13,15,21H,1,12,14H2,2-3H3,(H,29,33)/t21-/m0/s1. The summed E-state index contributed by atoms with van der Waals surface area (Å²) in [5.74, 6) is 1.33. The average molecular weight is 453 g/mol. The number of nitrogens with zero attached hydrogens (tertiary/aromatic N) is 5. The zero-order valence-electron chi connectivity index (χ0n) is 19.0. The minimum atomic E-state index is -0.168. The Morgan fingerprint density at radius 1 is 1.21 bits per heavy atom. The Balaban J connectivity index is 1.56. The molecule has 0 spiro atoms. The normalized spacial score (nSPS) is 14.9. The van der Waals surface area contributed by atoms with Crippen LogP contribution in [0.5, 0.6) is 5.75 Å². The van der Waals surface area contributed by atoms with Crippen molar-refractivity contribution in [3.05, 3.63) is 89.8 Å². The second-order valence-corrected chi connectivity index (χ2v) is 8.24. The molecule has 1 atom stereocenters. The number of carbonyl (C=O) groups is 1. The number of carbonyl (C=O) groups excluding carboxylic acids is 1. The number of rotatable bonds is 6. The van der Waals surface area contributed by atoms with E-state index in [9.17, 15) is 4.79 Å². The molecular formula is C26H24N6O2. The maximum absolute atomic E-state index is 12.7.